The molecule has 2 rings (SSSR count). The Balaban J connectivity index is 1.85. The average Bonchev–Trinajstić information content (AvgIpc) is 2.41. The Labute approximate surface area is 127 Å². The molecule has 2 N–H and O–H groups in total. The maximum absolute atomic E-state index is 12.3. The predicted octanol–water partition coefficient (Wildman–Crippen LogP) is 1.30. The number of amides is 2. The second-order valence-electron chi connectivity index (χ2n) is 7.64. The van der Waals surface area contributed by atoms with Gasteiger partial charge in [-0.25, -0.2) is 0 Å². The van der Waals surface area contributed by atoms with Crippen LogP contribution in [0.25, 0.3) is 0 Å². The molecule has 1 unspecified atom stereocenters. The number of carbonyl (C=O) groups excluding carboxylic acids is 2. The van der Waals surface area contributed by atoms with Crippen LogP contribution in [0.4, 0.5) is 0 Å². The maximum atomic E-state index is 12.3. The Morgan fingerprint density at radius 1 is 1.29 bits per heavy atom. The number of nitrogens with zero attached hydrogens (tertiary/aromatic N) is 1. The van der Waals surface area contributed by atoms with E-state index in [1.54, 1.807) is 0 Å². The van der Waals surface area contributed by atoms with Gasteiger partial charge in [0.25, 0.3) is 0 Å². The van der Waals surface area contributed by atoms with Crippen molar-refractivity contribution in [2.75, 3.05) is 19.6 Å². The van der Waals surface area contributed by atoms with Crippen molar-refractivity contribution in [3.63, 3.8) is 0 Å². The summed E-state index contributed by atoms with van der Waals surface area (Å²) >= 11 is 0. The van der Waals surface area contributed by atoms with Crippen LogP contribution in [0.1, 0.15) is 52.9 Å². The summed E-state index contributed by atoms with van der Waals surface area (Å²) in [5.74, 6) is -0.0620. The first kappa shape index (κ1) is 16.3. The van der Waals surface area contributed by atoms with Gasteiger partial charge in [0, 0.05) is 25.0 Å². The van der Waals surface area contributed by atoms with E-state index in [4.69, 9.17) is 0 Å². The van der Waals surface area contributed by atoms with Gasteiger partial charge in [-0.05, 0) is 32.1 Å². The molecule has 1 atom stereocenters. The molecule has 5 heteroatoms. The fourth-order valence-corrected chi connectivity index (χ4v) is 3.01. The zero-order chi connectivity index (χ0) is 15.7. The molecule has 0 radical (unpaired) electrons. The highest BCUT2D eigenvalue weighted by atomic mass is 16.3. The van der Waals surface area contributed by atoms with Crippen molar-refractivity contribution in [1.29, 1.82) is 0 Å². The van der Waals surface area contributed by atoms with E-state index >= 15 is 0 Å². The molecule has 1 heterocycles. The highest BCUT2D eigenvalue weighted by Crippen LogP contribution is 2.31. The zero-order valence-corrected chi connectivity index (χ0v) is 13.4. The second kappa shape index (κ2) is 5.95. The number of aliphatic hydroxyl groups is 1. The highest BCUT2D eigenvalue weighted by molar-refractivity contribution is 5.83. The van der Waals surface area contributed by atoms with E-state index in [-0.39, 0.29) is 17.7 Å². The van der Waals surface area contributed by atoms with Gasteiger partial charge in [0.05, 0.1) is 11.5 Å². The van der Waals surface area contributed by atoms with Gasteiger partial charge in [-0.1, -0.05) is 20.8 Å². The van der Waals surface area contributed by atoms with Crippen LogP contribution in [0, 0.1) is 11.3 Å². The number of nitrogens with one attached hydrogen (secondary N) is 1. The van der Waals surface area contributed by atoms with Crippen molar-refractivity contribution in [2.24, 2.45) is 11.3 Å². The molecule has 2 fully saturated rings. The molecule has 1 saturated carbocycles. The smallest absolute Gasteiger partial charge is 0.227 e. The van der Waals surface area contributed by atoms with Crippen LogP contribution in [0.2, 0.25) is 0 Å². The van der Waals surface area contributed by atoms with Gasteiger partial charge in [0.2, 0.25) is 11.8 Å². The van der Waals surface area contributed by atoms with Crippen molar-refractivity contribution in [2.45, 2.75) is 58.5 Å². The Kier molecular flexibility index (Phi) is 4.61. The lowest BCUT2D eigenvalue weighted by Gasteiger charge is -2.38. The van der Waals surface area contributed by atoms with Gasteiger partial charge in [0.1, 0.15) is 0 Å². The summed E-state index contributed by atoms with van der Waals surface area (Å²) in [6.45, 7) is 7.31. The van der Waals surface area contributed by atoms with Crippen molar-refractivity contribution in [3.8, 4) is 0 Å². The van der Waals surface area contributed by atoms with Crippen molar-refractivity contribution in [3.05, 3.63) is 0 Å². The molecule has 1 saturated heterocycles. The lowest BCUT2D eigenvalue weighted by Crippen LogP contribution is -2.52. The highest BCUT2D eigenvalue weighted by Gasteiger charge is 2.37. The number of hydrogen-bond acceptors (Lipinski definition) is 3. The van der Waals surface area contributed by atoms with Crippen LogP contribution < -0.4 is 5.32 Å². The van der Waals surface area contributed by atoms with Crippen LogP contribution in [-0.2, 0) is 9.59 Å². The lowest BCUT2D eigenvalue weighted by molar-refractivity contribution is -0.143. The van der Waals surface area contributed by atoms with E-state index in [2.05, 4.69) is 5.32 Å². The molecule has 0 spiro atoms. The minimum Gasteiger partial charge on any atom is -0.388 e. The molecule has 0 bridgehead atoms. The third-order valence-corrected chi connectivity index (χ3v) is 4.60. The summed E-state index contributed by atoms with van der Waals surface area (Å²) in [5.41, 5.74) is -1.09. The third-order valence-electron chi connectivity index (χ3n) is 4.60. The lowest BCUT2D eigenvalue weighted by atomic mass is 9.80. The van der Waals surface area contributed by atoms with E-state index in [1.165, 1.54) is 0 Å². The summed E-state index contributed by atoms with van der Waals surface area (Å²) in [5, 5.41) is 12.9. The third kappa shape index (κ3) is 3.96. The Hall–Kier alpha value is -1.10. The Morgan fingerprint density at radius 2 is 1.95 bits per heavy atom. The normalized spacial score (nSPS) is 25.1. The quantitative estimate of drug-likeness (QED) is 0.825. The summed E-state index contributed by atoms with van der Waals surface area (Å²) in [4.78, 5) is 26.4. The van der Waals surface area contributed by atoms with Gasteiger partial charge in [0.15, 0.2) is 0 Å². The molecule has 2 aliphatic rings. The number of likely N-dealkylation sites (tertiary alicyclic amines) is 1. The molecule has 0 aromatic carbocycles. The molecule has 0 aromatic rings. The summed E-state index contributed by atoms with van der Waals surface area (Å²) in [7, 11) is 0. The van der Waals surface area contributed by atoms with E-state index in [0.29, 0.717) is 13.1 Å². The molecular weight excluding hydrogens is 268 g/mol. The van der Waals surface area contributed by atoms with Crippen LogP contribution >= 0.6 is 0 Å². The van der Waals surface area contributed by atoms with Gasteiger partial charge in [-0.15, -0.1) is 0 Å². The SMILES string of the molecule is CC(C)(C)C(=O)N1CCCC(C(=O)NCC2(O)CCC2)C1. The molecule has 1 aliphatic carbocycles. The van der Waals surface area contributed by atoms with E-state index in [9.17, 15) is 14.7 Å². The molecular formula is C16H28N2O3. The van der Waals surface area contributed by atoms with Gasteiger partial charge < -0.3 is 15.3 Å². The van der Waals surface area contributed by atoms with Gasteiger partial charge in [-0.2, -0.15) is 0 Å². The Bertz CT molecular complexity index is 410. The van der Waals surface area contributed by atoms with Crippen LogP contribution in [-0.4, -0.2) is 47.1 Å². The number of carbonyl (C=O) groups is 2. The van der Waals surface area contributed by atoms with Crippen LogP contribution in [0.3, 0.4) is 0 Å². The first-order valence-electron chi connectivity index (χ1n) is 8.01. The minimum atomic E-state index is -0.689. The van der Waals surface area contributed by atoms with Crippen molar-refractivity contribution in [1.82, 2.24) is 10.2 Å². The fraction of sp³-hybridized carbons (Fsp3) is 0.875. The summed E-state index contributed by atoms with van der Waals surface area (Å²) < 4.78 is 0. The van der Waals surface area contributed by atoms with Gasteiger partial charge in [-0.3, -0.25) is 9.59 Å². The molecule has 5 nitrogen and oxygen atoms in total. The average molecular weight is 296 g/mol. The van der Waals surface area contributed by atoms with Crippen molar-refractivity contribution >= 4 is 11.8 Å². The molecule has 1 aliphatic heterocycles. The van der Waals surface area contributed by atoms with Crippen LogP contribution in [0.5, 0.6) is 0 Å². The number of hydrogen-bond donors (Lipinski definition) is 2. The Morgan fingerprint density at radius 3 is 2.48 bits per heavy atom. The predicted molar refractivity (Wildman–Crippen MR) is 80.6 cm³/mol. The van der Waals surface area contributed by atoms with Crippen LogP contribution in [0.15, 0.2) is 0 Å². The number of piperidine rings is 1. The fourth-order valence-electron chi connectivity index (χ4n) is 3.01. The molecule has 2 amide bonds. The first-order chi connectivity index (χ1) is 9.71. The largest absolute Gasteiger partial charge is 0.388 e. The minimum absolute atomic E-state index is 0.0262. The standard InChI is InChI=1S/C16H28N2O3/c1-15(2,3)14(20)18-9-4-6-12(10-18)13(19)17-11-16(21)7-5-8-16/h12,21H,4-11H2,1-3H3,(H,17,19). The molecule has 21 heavy (non-hydrogen) atoms. The number of rotatable bonds is 3. The van der Waals surface area contributed by atoms with E-state index in [0.717, 1.165) is 38.6 Å². The van der Waals surface area contributed by atoms with E-state index in [1.807, 2.05) is 25.7 Å². The van der Waals surface area contributed by atoms with E-state index < -0.39 is 11.0 Å². The van der Waals surface area contributed by atoms with Gasteiger partial charge >= 0.3 is 0 Å². The molecule has 120 valence electrons. The monoisotopic (exact) mass is 296 g/mol. The topological polar surface area (TPSA) is 69.6 Å². The van der Waals surface area contributed by atoms with Crippen molar-refractivity contribution < 1.29 is 14.7 Å². The first-order valence-corrected chi connectivity index (χ1v) is 8.01. The summed E-state index contributed by atoms with van der Waals surface area (Å²) in [6, 6.07) is 0. The second-order valence-corrected chi connectivity index (χ2v) is 7.64. The zero-order valence-electron chi connectivity index (χ0n) is 13.4. The maximum Gasteiger partial charge on any atom is 0.227 e. The molecule has 0 aromatic heterocycles. The summed E-state index contributed by atoms with van der Waals surface area (Å²) in [6.07, 6.45) is 4.26.